The number of rotatable bonds is 2. The largest absolute Gasteiger partial charge is 0.495 e. The van der Waals surface area contributed by atoms with Gasteiger partial charge in [-0.05, 0) is 24.6 Å². The molecule has 1 amide bonds. The first-order chi connectivity index (χ1) is 7.22. The summed E-state index contributed by atoms with van der Waals surface area (Å²) in [5.41, 5.74) is 0.850. The van der Waals surface area contributed by atoms with E-state index in [4.69, 9.17) is 16.3 Å². The van der Waals surface area contributed by atoms with Crippen LogP contribution in [0.5, 0.6) is 5.75 Å². The molecule has 3 nitrogen and oxygen atoms in total. The topological polar surface area (TPSA) is 29.5 Å². The van der Waals surface area contributed by atoms with E-state index in [0.717, 1.165) is 18.7 Å². The van der Waals surface area contributed by atoms with Crippen LogP contribution in [0.1, 0.15) is 12.8 Å². The molecule has 15 heavy (non-hydrogen) atoms. The zero-order valence-electron chi connectivity index (χ0n) is 8.50. The van der Waals surface area contributed by atoms with Gasteiger partial charge < -0.3 is 9.64 Å². The van der Waals surface area contributed by atoms with Gasteiger partial charge in [0.15, 0.2) is 0 Å². The fraction of sp³-hybridized carbons (Fsp3) is 0.364. The van der Waals surface area contributed by atoms with Crippen molar-refractivity contribution in [2.75, 3.05) is 18.6 Å². The predicted octanol–water partition coefficient (Wildman–Crippen LogP) is 2.48. The average molecular weight is 226 g/mol. The molecule has 0 aromatic heterocycles. The van der Waals surface area contributed by atoms with Crippen molar-refractivity contribution in [1.29, 1.82) is 0 Å². The fourth-order valence-electron chi connectivity index (χ4n) is 1.74. The van der Waals surface area contributed by atoms with E-state index in [0.29, 0.717) is 17.2 Å². The van der Waals surface area contributed by atoms with Gasteiger partial charge in [0, 0.05) is 18.7 Å². The maximum atomic E-state index is 11.5. The van der Waals surface area contributed by atoms with Crippen molar-refractivity contribution in [1.82, 2.24) is 0 Å². The first-order valence-electron chi connectivity index (χ1n) is 4.86. The van der Waals surface area contributed by atoms with E-state index in [1.807, 2.05) is 6.07 Å². The molecule has 80 valence electrons. The van der Waals surface area contributed by atoms with Crippen molar-refractivity contribution in [3.63, 3.8) is 0 Å². The first-order valence-corrected chi connectivity index (χ1v) is 5.24. The lowest BCUT2D eigenvalue weighted by molar-refractivity contribution is -0.117. The van der Waals surface area contributed by atoms with Crippen LogP contribution < -0.4 is 9.64 Å². The molecule has 0 radical (unpaired) electrons. The third-order valence-corrected chi connectivity index (χ3v) is 2.82. The number of hydrogen-bond donors (Lipinski definition) is 0. The Morgan fingerprint density at radius 1 is 1.47 bits per heavy atom. The summed E-state index contributed by atoms with van der Waals surface area (Å²) in [5.74, 6) is 0.795. The molecule has 0 atom stereocenters. The quantitative estimate of drug-likeness (QED) is 0.774. The normalized spacial score (nSPS) is 15.9. The Labute approximate surface area is 93.6 Å². The van der Waals surface area contributed by atoms with Crippen LogP contribution in [0, 0.1) is 0 Å². The number of carbonyl (C=O) groups is 1. The second-order valence-electron chi connectivity index (χ2n) is 3.47. The Morgan fingerprint density at radius 3 is 2.80 bits per heavy atom. The molecule has 0 unspecified atom stereocenters. The highest BCUT2D eigenvalue weighted by Crippen LogP contribution is 2.30. The smallest absolute Gasteiger partial charge is 0.227 e. The SMILES string of the molecule is COc1ccc(N2CCCC2=O)cc1Cl. The summed E-state index contributed by atoms with van der Waals surface area (Å²) in [6, 6.07) is 5.40. The lowest BCUT2D eigenvalue weighted by atomic mass is 10.3. The molecule has 1 aliphatic rings. The Morgan fingerprint density at radius 2 is 2.27 bits per heavy atom. The van der Waals surface area contributed by atoms with E-state index in [1.165, 1.54) is 0 Å². The van der Waals surface area contributed by atoms with Gasteiger partial charge in [0.2, 0.25) is 5.91 Å². The number of methoxy groups -OCH3 is 1. The van der Waals surface area contributed by atoms with Gasteiger partial charge in [0.25, 0.3) is 0 Å². The second-order valence-corrected chi connectivity index (χ2v) is 3.87. The molecule has 0 spiro atoms. The van der Waals surface area contributed by atoms with Gasteiger partial charge in [0.1, 0.15) is 5.75 Å². The number of hydrogen-bond acceptors (Lipinski definition) is 2. The number of nitrogens with zero attached hydrogens (tertiary/aromatic N) is 1. The van der Waals surface area contributed by atoms with Crippen LogP contribution >= 0.6 is 11.6 Å². The molecule has 0 N–H and O–H groups in total. The van der Waals surface area contributed by atoms with Crippen LogP contribution in [0.15, 0.2) is 18.2 Å². The van der Waals surface area contributed by atoms with Crippen LogP contribution in [0.3, 0.4) is 0 Å². The number of amides is 1. The minimum Gasteiger partial charge on any atom is -0.495 e. The average Bonchev–Trinajstić information content (AvgIpc) is 2.64. The van der Waals surface area contributed by atoms with Gasteiger partial charge in [-0.2, -0.15) is 0 Å². The summed E-state index contributed by atoms with van der Waals surface area (Å²) in [5, 5.41) is 0.537. The molecule has 0 bridgehead atoms. The van der Waals surface area contributed by atoms with Gasteiger partial charge in [-0.3, -0.25) is 4.79 Å². The minimum atomic E-state index is 0.163. The van der Waals surface area contributed by atoms with Crippen molar-refractivity contribution >= 4 is 23.2 Å². The molecular formula is C11H12ClNO2. The number of anilines is 1. The van der Waals surface area contributed by atoms with Crippen molar-refractivity contribution in [2.45, 2.75) is 12.8 Å². The molecule has 1 fully saturated rings. The maximum Gasteiger partial charge on any atom is 0.227 e. The highest BCUT2D eigenvalue weighted by Gasteiger charge is 2.22. The van der Waals surface area contributed by atoms with Crippen LogP contribution in [-0.2, 0) is 4.79 Å². The number of ether oxygens (including phenoxy) is 1. The summed E-state index contributed by atoms with van der Waals surface area (Å²) < 4.78 is 5.05. The highest BCUT2D eigenvalue weighted by atomic mass is 35.5. The summed E-state index contributed by atoms with van der Waals surface area (Å²) in [6.07, 6.45) is 1.55. The number of benzene rings is 1. The molecule has 0 aliphatic carbocycles. The predicted molar refractivity (Wildman–Crippen MR) is 59.6 cm³/mol. The Balaban J connectivity index is 2.29. The van der Waals surface area contributed by atoms with Crippen LogP contribution in [0.4, 0.5) is 5.69 Å². The summed E-state index contributed by atoms with van der Waals surface area (Å²) in [6.45, 7) is 0.779. The third-order valence-electron chi connectivity index (χ3n) is 2.52. The summed E-state index contributed by atoms with van der Waals surface area (Å²) in [7, 11) is 1.57. The molecular weight excluding hydrogens is 214 g/mol. The zero-order chi connectivity index (χ0) is 10.8. The van der Waals surface area contributed by atoms with Crippen molar-refractivity contribution in [3.05, 3.63) is 23.2 Å². The third kappa shape index (κ3) is 1.92. The highest BCUT2D eigenvalue weighted by molar-refractivity contribution is 6.32. The number of halogens is 1. The van der Waals surface area contributed by atoms with Gasteiger partial charge in [-0.15, -0.1) is 0 Å². The van der Waals surface area contributed by atoms with Crippen molar-refractivity contribution in [2.24, 2.45) is 0 Å². The number of carbonyl (C=O) groups excluding carboxylic acids is 1. The van der Waals surface area contributed by atoms with Crippen molar-refractivity contribution < 1.29 is 9.53 Å². The molecule has 0 saturated carbocycles. The Kier molecular flexibility index (Phi) is 2.82. The van der Waals surface area contributed by atoms with E-state index in [-0.39, 0.29) is 5.91 Å². The lowest BCUT2D eigenvalue weighted by Gasteiger charge is -2.16. The van der Waals surface area contributed by atoms with Crippen molar-refractivity contribution in [3.8, 4) is 5.75 Å². The Bertz CT molecular complexity index is 392. The molecule has 1 aliphatic heterocycles. The van der Waals surface area contributed by atoms with E-state index in [1.54, 1.807) is 24.1 Å². The minimum absolute atomic E-state index is 0.163. The summed E-state index contributed by atoms with van der Waals surface area (Å²) >= 11 is 5.99. The molecule has 1 heterocycles. The van der Waals surface area contributed by atoms with Gasteiger partial charge in [0.05, 0.1) is 12.1 Å². The van der Waals surface area contributed by atoms with E-state index in [2.05, 4.69) is 0 Å². The summed E-state index contributed by atoms with van der Waals surface area (Å²) in [4.78, 5) is 13.2. The fourth-order valence-corrected chi connectivity index (χ4v) is 2.00. The first kappa shape index (κ1) is 10.3. The zero-order valence-corrected chi connectivity index (χ0v) is 9.25. The van der Waals surface area contributed by atoms with Crippen LogP contribution in [0.2, 0.25) is 5.02 Å². The molecule has 1 saturated heterocycles. The van der Waals surface area contributed by atoms with E-state index >= 15 is 0 Å². The second kappa shape index (κ2) is 4.11. The molecule has 1 aromatic carbocycles. The monoisotopic (exact) mass is 225 g/mol. The maximum absolute atomic E-state index is 11.5. The standard InChI is InChI=1S/C11H12ClNO2/c1-15-10-5-4-8(7-9(10)12)13-6-2-3-11(13)14/h4-5,7H,2-3,6H2,1H3. The van der Waals surface area contributed by atoms with E-state index in [9.17, 15) is 4.79 Å². The van der Waals surface area contributed by atoms with E-state index < -0.39 is 0 Å². The molecule has 2 rings (SSSR count). The molecule has 1 aromatic rings. The van der Waals surface area contributed by atoms with Crippen LogP contribution in [-0.4, -0.2) is 19.6 Å². The lowest BCUT2D eigenvalue weighted by Crippen LogP contribution is -2.23. The Hall–Kier alpha value is -1.22. The van der Waals surface area contributed by atoms with Gasteiger partial charge in [-0.25, -0.2) is 0 Å². The van der Waals surface area contributed by atoms with Gasteiger partial charge >= 0.3 is 0 Å². The molecule has 4 heteroatoms. The van der Waals surface area contributed by atoms with Crippen LogP contribution in [0.25, 0.3) is 0 Å². The van der Waals surface area contributed by atoms with Gasteiger partial charge in [-0.1, -0.05) is 11.6 Å².